The van der Waals surface area contributed by atoms with Gasteiger partial charge in [0, 0.05) is 6.20 Å². The summed E-state index contributed by atoms with van der Waals surface area (Å²) in [4.78, 5) is 10.4. The normalized spacial score (nSPS) is 18.9. The fraction of sp³-hybridized carbons (Fsp3) is 0.667. The molecule has 0 aromatic rings. The van der Waals surface area contributed by atoms with E-state index in [0.717, 1.165) is 12.3 Å². The van der Waals surface area contributed by atoms with Crippen LogP contribution in [0, 0.1) is 5.92 Å². The van der Waals surface area contributed by atoms with Gasteiger partial charge in [0.2, 0.25) is 0 Å². The third-order valence-electron chi connectivity index (χ3n) is 2.93. The molecule has 1 fully saturated rings. The summed E-state index contributed by atoms with van der Waals surface area (Å²) in [7, 11) is 0. The zero-order valence-corrected chi connectivity index (χ0v) is 9.78. The third-order valence-corrected chi connectivity index (χ3v) is 2.93. The summed E-state index contributed by atoms with van der Waals surface area (Å²) < 4.78 is 0. The third kappa shape index (κ3) is 4.96. The summed E-state index contributed by atoms with van der Waals surface area (Å²) in [5.74, 6) is -0.190. The van der Waals surface area contributed by atoms with Crippen molar-refractivity contribution in [2.45, 2.75) is 45.4 Å². The van der Waals surface area contributed by atoms with Crippen molar-refractivity contribution in [2.75, 3.05) is 0 Å². The Bertz CT molecular complexity index is 279. The average molecular weight is 224 g/mol. The number of hydrogen-bond donors (Lipinski definition) is 2. The zero-order chi connectivity index (χ0) is 11.8. The van der Waals surface area contributed by atoms with Gasteiger partial charge in [-0.3, -0.25) is 5.43 Å². The second-order valence-corrected chi connectivity index (χ2v) is 4.27. The standard InChI is InChI=1S/C12H20N2O2/c1-10(12(15)16)14-13-9-5-8-11-6-3-2-4-7-11/h5,9,11,13H,2-4,6-8H2,1H3,(H,15,16). The van der Waals surface area contributed by atoms with Gasteiger partial charge in [0.25, 0.3) is 0 Å². The predicted molar refractivity (Wildman–Crippen MR) is 64.2 cm³/mol. The first-order valence-electron chi connectivity index (χ1n) is 5.88. The molecule has 0 aromatic carbocycles. The van der Waals surface area contributed by atoms with Gasteiger partial charge in [0.05, 0.1) is 0 Å². The molecule has 1 saturated carbocycles. The Hall–Kier alpha value is -1.32. The topological polar surface area (TPSA) is 61.7 Å². The molecule has 0 bridgehead atoms. The van der Waals surface area contributed by atoms with Gasteiger partial charge in [-0.15, -0.1) is 0 Å². The van der Waals surface area contributed by atoms with Crippen molar-refractivity contribution in [1.29, 1.82) is 0 Å². The molecule has 0 heterocycles. The molecule has 4 heteroatoms. The molecule has 1 aliphatic rings. The molecule has 0 amide bonds. The van der Waals surface area contributed by atoms with Crippen LogP contribution < -0.4 is 5.43 Å². The van der Waals surface area contributed by atoms with E-state index in [-0.39, 0.29) is 5.71 Å². The number of carboxylic acids is 1. The Morgan fingerprint density at radius 2 is 2.12 bits per heavy atom. The highest BCUT2D eigenvalue weighted by Crippen LogP contribution is 2.26. The van der Waals surface area contributed by atoms with Crippen molar-refractivity contribution in [2.24, 2.45) is 11.0 Å². The number of carbonyl (C=O) groups is 1. The smallest absolute Gasteiger partial charge is 0.351 e. The second kappa shape index (κ2) is 7.04. The molecule has 0 unspecified atom stereocenters. The van der Waals surface area contributed by atoms with Crippen molar-refractivity contribution in [1.82, 2.24) is 5.43 Å². The molecular weight excluding hydrogens is 204 g/mol. The van der Waals surface area contributed by atoms with Crippen molar-refractivity contribution in [3.63, 3.8) is 0 Å². The SMILES string of the molecule is CC(=NNC=CCC1CCCCC1)C(=O)O. The molecule has 1 aliphatic carbocycles. The summed E-state index contributed by atoms with van der Waals surface area (Å²) >= 11 is 0. The zero-order valence-electron chi connectivity index (χ0n) is 9.78. The molecule has 0 radical (unpaired) electrons. The monoisotopic (exact) mass is 224 g/mol. The van der Waals surface area contributed by atoms with Crippen LogP contribution in [0.5, 0.6) is 0 Å². The maximum atomic E-state index is 10.4. The Kier molecular flexibility index (Phi) is 5.61. The molecule has 0 atom stereocenters. The van der Waals surface area contributed by atoms with Gasteiger partial charge < -0.3 is 5.11 Å². The molecule has 4 nitrogen and oxygen atoms in total. The minimum atomic E-state index is -0.992. The van der Waals surface area contributed by atoms with E-state index in [9.17, 15) is 4.79 Å². The highest BCUT2D eigenvalue weighted by molar-refractivity contribution is 6.34. The summed E-state index contributed by atoms with van der Waals surface area (Å²) in [6.45, 7) is 1.46. The molecule has 0 spiro atoms. The van der Waals surface area contributed by atoms with E-state index in [4.69, 9.17) is 5.11 Å². The lowest BCUT2D eigenvalue weighted by molar-refractivity contribution is -0.129. The molecular formula is C12H20N2O2. The van der Waals surface area contributed by atoms with Crippen LogP contribution in [0.3, 0.4) is 0 Å². The van der Waals surface area contributed by atoms with Crippen LogP contribution in [0.4, 0.5) is 0 Å². The van der Waals surface area contributed by atoms with Crippen LogP contribution >= 0.6 is 0 Å². The van der Waals surface area contributed by atoms with Crippen LogP contribution in [0.15, 0.2) is 17.4 Å². The van der Waals surface area contributed by atoms with Gasteiger partial charge >= 0.3 is 5.97 Å². The summed E-state index contributed by atoms with van der Waals surface area (Å²) in [6.07, 6.45) is 11.5. The maximum absolute atomic E-state index is 10.4. The average Bonchev–Trinajstić information content (AvgIpc) is 2.29. The Morgan fingerprint density at radius 1 is 1.44 bits per heavy atom. The van der Waals surface area contributed by atoms with E-state index in [1.165, 1.54) is 39.0 Å². The molecule has 0 saturated heterocycles. The van der Waals surface area contributed by atoms with Crippen LogP contribution in [-0.4, -0.2) is 16.8 Å². The molecule has 16 heavy (non-hydrogen) atoms. The first kappa shape index (κ1) is 12.7. The van der Waals surface area contributed by atoms with Crippen molar-refractivity contribution in [3.05, 3.63) is 12.3 Å². The lowest BCUT2D eigenvalue weighted by Gasteiger charge is -2.19. The number of hydrogen-bond acceptors (Lipinski definition) is 3. The van der Waals surface area contributed by atoms with E-state index in [0.29, 0.717) is 0 Å². The van der Waals surface area contributed by atoms with Gasteiger partial charge in [-0.2, -0.15) is 5.10 Å². The highest BCUT2D eigenvalue weighted by atomic mass is 16.4. The Labute approximate surface area is 96.4 Å². The van der Waals surface area contributed by atoms with Gasteiger partial charge in [-0.05, 0) is 19.3 Å². The molecule has 0 aromatic heterocycles. The number of nitrogens with one attached hydrogen (secondary N) is 1. The molecule has 1 rings (SSSR count). The molecule has 90 valence electrons. The van der Waals surface area contributed by atoms with Crippen LogP contribution in [0.2, 0.25) is 0 Å². The number of aliphatic carboxylic acids is 1. The quantitative estimate of drug-likeness (QED) is 0.557. The maximum Gasteiger partial charge on any atom is 0.351 e. The summed E-state index contributed by atoms with van der Waals surface area (Å²) in [5, 5.41) is 12.2. The van der Waals surface area contributed by atoms with Gasteiger partial charge in [0.1, 0.15) is 5.71 Å². The van der Waals surface area contributed by atoms with E-state index in [2.05, 4.69) is 10.5 Å². The minimum Gasteiger partial charge on any atom is -0.477 e. The fourth-order valence-corrected chi connectivity index (χ4v) is 1.92. The number of rotatable bonds is 5. The lowest BCUT2D eigenvalue weighted by atomic mass is 9.87. The number of nitrogens with zero attached hydrogens (tertiary/aromatic N) is 1. The van der Waals surface area contributed by atoms with Crippen LogP contribution in [0.1, 0.15) is 45.4 Å². The summed E-state index contributed by atoms with van der Waals surface area (Å²) in [6, 6.07) is 0. The van der Waals surface area contributed by atoms with Crippen LogP contribution in [-0.2, 0) is 4.79 Å². The first-order valence-corrected chi connectivity index (χ1v) is 5.88. The number of allylic oxidation sites excluding steroid dienone is 1. The van der Waals surface area contributed by atoms with Crippen molar-refractivity contribution in [3.8, 4) is 0 Å². The molecule has 0 aliphatic heterocycles. The Balaban J connectivity index is 2.17. The predicted octanol–water partition coefficient (Wildman–Crippen LogP) is 2.52. The molecule has 2 N–H and O–H groups in total. The van der Waals surface area contributed by atoms with Gasteiger partial charge in [-0.25, -0.2) is 4.79 Å². The largest absolute Gasteiger partial charge is 0.477 e. The number of carboxylic acid groups (broad SMARTS) is 1. The van der Waals surface area contributed by atoms with Crippen LogP contribution in [0.25, 0.3) is 0 Å². The second-order valence-electron chi connectivity index (χ2n) is 4.27. The Morgan fingerprint density at radius 3 is 2.75 bits per heavy atom. The van der Waals surface area contributed by atoms with Gasteiger partial charge in [0.15, 0.2) is 0 Å². The highest BCUT2D eigenvalue weighted by Gasteiger charge is 2.10. The fourth-order valence-electron chi connectivity index (χ4n) is 1.92. The van der Waals surface area contributed by atoms with Gasteiger partial charge in [-0.1, -0.05) is 38.2 Å². The number of hydrazone groups is 1. The lowest BCUT2D eigenvalue weighted by Crippen LogP contribution is -2.12. The van der Waals surface area contributed by atoms with E-state index >= 15 is 0 Å². The van der Waals surface area contributed by atoms with Crippen molar-refractivity contribution < 1.29 is 9.90 Å². The summed E-state index contributed by atoms with van der Waals surface area (Å²) in [5.41, 5.74) is 2.70. The van der Waals surface area contributed by atoms with E-state index < -0.39 is 5.97 Å². The van der Waals surface area contributed by atoms with E-state index in [1.54, 1.807) is 6.20 Å². The first-order chi connectivity index (χ1) is 7.70. The van der Waals surface area contributed by atoms with E-state index in [1.807, 2.05) is 6.08 Å². The minimum absolute atomic E-state index is 0.0716. The van der Waals surface area contributed by atoms with Crippen molar-refractivity contribution >= 4 is 11.7 Å².